The van der Waals surface area contributed by atoms with Crippen molar-refractivity contribution in [3.63, 3.8) is 0 Å². The van der Waals surface area contributed by atoms with E-state index < -0.39 is 6.04 Å². The standard InChI is InChI=1S/C24H28N4O3S/c1-14(2)31-22(29)20-16(4)28(5)24(32)27-21(20)17-8-12-19(13-9-17)26-23(30)25-18-10-6-15(3)7-11-18/h6-14,21H,1-5H3,(H,27,32)(H2,25,26,30). The smallest absolute Gasteiger partial charge is 0.338 e. The summed E-state index contributed by atoms with van der Waals surface area (Å²) in [5.74, 6) is -0.385. The first kappa shape index (κ1) is 23.3. The first-order chi connectivity index (χ1) is 15.2. The Bertz CT molecular complexity index is 1050. The van der Waals surface area contributed by atoms with Gasteiger partial charge in [-0.15, -0.1) is 0 Å². The van der Waals surface area contributed by atoms with E-state index >= 15 is 0 Å². The second kappa shape index (κ2) is 9.82. The summed E-state index contributed by atoms with van der Waals surface area (Å²) in [6.07, 6.45) is -0.235. The molecule has 1 aliphatic heterocycles. The van der Waals surface area contributed by atoms with Gasteiger partial charge in [-0.05, 0) is 69.7 Å². The zero-order valence-electron chi connectivity index (χ0n) is 18.9. The Morgan fingerprint density at radius 2 is 1.53 bits per heavy atom. The molecule has 0 radical (unpaired) electrons. The largest absolute Gasteiger partial charge is 0.459 e. The molecule has 32 heavy (non-hydrogen) atoms. The fourth-order valence-corrected chi connectivity index (χ4v) is 3.57. The van der Waals surface area contributed by atoms with Gasteiger partial charge in [0, 0.05) is 24.1 Å². The average Bonchev–Trinajstić information content (AvgIpc) is 2.73. The number of urea groups is 1. The van der Waals surface area contributed by atoms with Gasteiger partial charge >= 0.3 is 12.0 Å². The minimum Gasteiger partial charge on any atom is -0.459 e. The number of benzene rings is 2. The summed E-state index contributed by atoms with van der Waals surface area (Å²) in [6.45, 7) is 7.47. The first-order valence-electron chi connectivity index (χ1n) is 10.4. The van der Waals surface area contributed by atoms with E-state index in [2.05, 4.69) is 16.0 Å². The van der Waals surface area contributed by atoms with Crippen LogP contribution in [0.5, 0.6) is 0 Å². The molecular weight excluding hydrogens is 424 g/mol. The van der Waals surface area contributed by atoms with Crippen LogP contribution in [0.1, 0.15) is 37.9 Å². The SMILES string of the molecule is CC1=C(C(=O)OC(C)C)C(c2ccc(NC(=O)Nc3ccc(C)cc3)cc2)NC(=S)N1C. The van der Waals surface area contributed by atoms with Gasteiger partial charge in [-0.1, -0.05) is 29.8 Å². The van der Waals surface area contributed by atoms with Crippen LogP contribution in [-0.4, -0.2) is 35.2 Å². The molecule has 0 spiro atoms. The first-order valence-corrected chi connectivity index (χ1v) is 10.8. The summed E-state index contributed by atoms with van der Waals surface area (Å²) in [6, 6.07) is 14.0. The molecule has 1 unspecified atom stereocenters. The van der Waals surface area contributed by atoms with Gasteiger partial charge in [-0.3, -0.25) is 0 Å². The van der Waals surface area contributed by atoms with E-state index in [-0.39, 0.29) is 18.1 Å². The molecule has 0 saturated heterocycles. The lowest BCUT2D eigenvalue weighted by Crippen LogP contribution is -2.46. The van der Waals surface area contributed by atoms with Crippen molar-refractivity contribution in [2.75, 3.05) is 17.7 Å². The Morgan fingerprint density at radius 1 is 1.00 bits per heavy atom. The van der Waals surface area contributed by atoms with Crippen molar-refractivity contribution < 1.29 is 14.3 Å². The van der Waals surface area contributed by atoms with Gasteiger partial charge in [0.1, 0.15) is 0 Å². The third-order valence-corrected chi connectivity index (χ3v) is 5.52. The predicted octanol–water partition coefficient (Wildman–Crippen LogP) is 4.73. The second-order valence-corrected chi connectivity index (χ2v) is 8.35. The van der Waals surface area contributed by atoms with Crippen LogP contribution in [0.2, 0.25) is 0 Å². The monoisotopic (exact) mass is 452 g/mol. The number of nitrogens with zero attached hydrogens (tertiary/aromatic N) is 1. The summed E-state index contributed by atoms with van der Waals surface area (Å²) < 4.78 is 5.46. The maximum atomic E-state index is 12.8. The number of hydrogen-bond acceptors (Lipinski definition) is 4. The lowest BCUT2D eigenvalue weighted by molar-refractivity contribution is -0.143. The van der Waals surface area contributed by atoms with Crippen molar-refractivity contribution >= 4 is 40.7 Å². The normalized spacial score (nSPS) is 16.0. The third kappa shape index (κ3) is 5.45. The number of carbonyl (C=O) groups is 2. The number of aryl methyl sites for hydroxylation is 1. The zero-order chi connectivity index (χ0) is 23.4. The van der Waals surface area contributed by atoms with Crippen molar-refractivity contribution in [2.24, 2.45) is 0 Å². The number of thiocarbonyl (C=S) groups is 1. The van der Waals surface area contributed by atoms with E-state index in [1.807, 2.05) is 71.1 Å². The molecule has 0 bridgehead atoms. The average molecular weight is 453 g/mol. The van der Waals surface area contributed by atoms with E-state index in [0.717, 1.165) is 16.8 Å². The minimum atomic E-state index is -0.444. The van der Waals surface area contributed by atoms with Gasteiger partial charge in [0.25, 0.3) is 0 Å². The molecule has 0 aromatic heterocycles. The van der Waals surface area contributed by atoms with Crippen LogP contribution >= 0.6 is 12.2 Å². The number of carbonyl (C=O) groups excluding carboxylic acids is 2. The summed E-state index contributed by atoms with van der Waals surface area (Å²) in [4.78, 5) is 26.9. The lowest BCUT2D eigenvalue weighted by Gasteiger charge is -2.35. The second-order valence-electron chi connectivity index (χ2n) is 7.96. The Kier molecular flexibility index (Phi) is 7.15. The molecule has 0 aliphatic carbocycles. The van der Waals surface area contributed by atoms with Crippen LogP contribution < -0.4 is 16.0 Å². The number of anilines is 2. The van der Waals surface area contributed by atoms with Gasteiger partial charge < -0.3 is 25.6 Å². The Labute approximate surface area is 193 Å². The molecule has 1 heterocycles. The molecule has 2 aromatic rings. The molecule has 168 valence electrons. The fourth-order valence-electron chi connectivity index (χ4n) is 3.32. The van der Waals surface area contributed by atoms with Crippen LogP contribution in [0.25, 0.3) is 0 Å². The minimum absolute atomic E-state index is 0.235. The van der Waals surface area contributed by atoms with Gasteiger partial charge in [0.05, 0.1) is 17.7 Å². The molecule has 2 aromatic carbocycles. The highest BCUT2D eigenvalue weighted by Gasteiger charge is 2.33. The number of ether oxygens (including phenoxy) is 1. The van der Waals surface area contributed by atoms with E-state index in [4.69, 9.17) is 17.0 Å². The predicted molar refractivity (Wildman–Crippen MR) is 130 cm³/mol. The molecule has 7 nitrogen and oxygen atoms in total. The van der Waals surface area contributed by atoms with Crippen LogP contribution in [0.15, 0.2) is 59.8 Å². The van der Waals surface area contributed by atoms with Crippen molar-refractivity contribution in [1.82, 2.24) is 10.2 Å². The van der Waals surface area contributed by atoms with E-state index in [1.165, 1.54) is 0 Å². The van der Waals surface area contributed by atoms with Crippen LogP contribution in [0, 0.1) is 6.92 Å². The molecule has 1 atom stereocenters. The van der Waals surface area contributed by atoms with E-state index in [0.29, 0.717) is 22.1 Å². The quantitative estimate of drug-likeness (QED) is 0.450. The van der Waals surface area contributed by atoms with Gasteiger partial charge in [0.2, 0.25) is 0 Å². The number of esters is 1. The van der Waals surface area contributed by atoms with Crippen molar-refractivity contribution in [3.05, 3.63) is 70.9 Å². The number of nitrogens with one attached hydrogen (secondary N) is 3. The number of amides is 2. The van der Waals surface area contributed by atoms with E-state index in [9.17, 15) is 9.59 Å². The van der Waals surface area contributed by atoms with Crippen molar-refractivity contribution in [1.29, 1.82) is 0 Å². The summed E-state index contributed by atoms with van der Waals surface area (Å²) in [5.41, 5.74) is 4.54. The van der Waals surface area contributed by atoms with Gasteiger partial charge in [0.15, 0.2) is 5.11 Å². The Hall–Kier alpha value is -3.39. The molecule has 3 N–H and O–H groups in total. The highest BCUT2D eigenvalue weighted by molar-refractivity contribution is 7.80. The molecule has 3 rings (SSSR count). The third-order valence-electron chi connectivity index (χ3n) is 5.13. The van der Waals surface area contributed by atoms with Crippen molar-refractivity contribution in [2.45, 2.75) is 39.8 Å². The lowest BCUT2D eigenvalue weighted by atomic mass is 9.95. The number of rotatable bonds is 5. The summed E-state index contributed by atoms with van der Waals surface area (Å²) in [7, 11) is 1.81. The zero-order valence-corrected chi connectivity index (χ0v) is 19.7. The number of hydrogen-bond donors (Lipinski definition) is 3. The van der Waals surface area contributed by atoms with Crippen LogP contribution in [0.4, 0.5) is 16.2 Å². The van der Waals surface area contributed by atoms with Crippen LogP contribution in [0.3, 0.4) is 0 Å². The molecular formula is C24H28N4O3S. The Morgan fingerprint density at radius 3 is 2.06 bits per heavy atom. The topological polar surface area (TPSA) is 82.7 Å². The van der Waals surface area contributed by atoms with Gasteiger partial charge in [-0.2, -0.15) is 0 Å². The maximum Gasteiger partial charge on any atom is 0.338 e. The van der Waals surface area contributed by atoms with Gasteiger partial charge in [-0.25, -0.2) is 9.59 Å². The highest BCUT2D eigenvalue weighted by atomic mass is 32.1. The van der Waals surface area contributed by atoms with Crippen molar-refractivity contribution in [3.8, 4) is 0 Å². The summed E-state index contributed by atoms with van der Waals surface area (Å²) in [5, 5.41) is 9.35. The molecule has 0 fully saturated rings. The van der Waals surface area contributed by atoms with E-state index in [1.54, 1.807) is 17.0 Å². The number of allylic oxidation sites excluding steroid dienone is 1. The van der Waals surface area contributed by atoms with Crippen LogP contribution in [-0.2, 0) is 9.53 Å². The molecule has 1 aliphatic rings. The fraction of sp³-hybridized carbons (Fsp3) is 0.292. The Balaban J connectivity index is 1.77. The summed E-state index contributed by atoms with van der Waals surface area (Å²) >= 11 is 5.43. The molecule has 2 amide bonds. The molecule has 0 saturated carbocycles. The maximum absolute atomic E-state index is 12.8. The molecule has 8 heteroatoms. The highest BCUT2D eigenvalue weighted by Crippen LogP contribution is 2.31.